The second-order valence-electron chi connectivity index (χ2n) is 4.53. The van der Waals surface area contributed by atoms with Crippen molar-refractivity contribution < 1.29 is 9.18 Å². The van der Waals surface area contributed by atoms with E-state index in [9.17, 15) is 14.0 Å². The number of aromatic amines is 1. The number of rotatable bonds is 4. The fraction of sp³-hybridized carbons (Fsp3) is 0.200. The van der Waals surface area contributed by atoms with Crippen LogP contribution < -0.4 is 10.7 Å². The lowest BCUT2D eigenvalue weighted by atomic mass is 10.1. The highest BCUT2D eigenvalue weighted by Crippen LogP contribution is 2.03. The Balaban J connectivity index is 1.92. The van der Waals surface area contributed by atoms with Gasteiger partial charge in [-0.2, -0.15) is 0 Å². The van der Waals surface area contributed by atoms with Crippen LogP contribution in [0.25, 0.3) is 0 Å². The third-order valence-corrected chi connectivity index (χ3v) is 2.91. The molecule has 2 aromatic rings. The number of H-pyrrole nitrogens is 1. The molecule has 0 unspecified atom stereocenters. The van der Waals surface area contributed by atoms with Crippen LogP contribution in [0, 0.1) is 12.7 Å². The van der Waals surface area contributed by atoms with Gasteiger partial charge in [-0.05, 0) is 31.0 Å². The molecule has 1 heterocycles. The summed E-state index contributed by atoms with van der Waals surface area (Å²) in [5.74, 6) is -0.697. The summed E-state index contributed by atoms with van der Waals surface area (Å²) in [6.07, 6.45) is 1.99. The number of aryl methyl sites for hydroxylation is 1. The minimum Gasteiger partial charge on any atom is -0.364 e. The second-order valence-corrected chi connectivity index (χ2v) is 4.53. The van der Waals surface area contributed by atoms with Crippen LogP contribution >= 0.6 is 0 Å². The minimum absolute atomic E-state index is 0.0923. The van der Waals surface area contributed by atoms with Crippen molar-refractivity contribution in [1.82, 2.24) is 10.3 Å². The second kappa shape index (κ2) is 6.14. The molecule has 0 aliphatic heterocycles. The van der Waals surface area contributed by atoms with E-state index < -0.39 is 5.91 Å². The van der Waals surface area contributed by atoms with Gasteiger partial charge in [0.1, 0.15) is 11.4 Å². The highest BCUT2D eigenvalue weighted by molar-refractivity contribution is 5.93. The largest absolute Gasteiger partial charge is 0.364 e. The summed E-state index contributed by atoms with van der Waals surface area (Å²) < 4.78 is 12.7. The summed E-state index contributed by atoms with van der Waals surface area (Å²) in [5, 5.41) is 2.67. The van der Waals surface area contributed by atoms with Gasteiger partial charge < -0.3 is 10.3 Å². The fourth-order valence-corrected chi connectivity index (χ4v) is 1.82. The monoisotopic (exact) mass is 274 g/mol. The van der Waals surface area contributed by atoms with E-state index in [0.29, 0.717) is 18.7 Å². The highest BCUT2D eigenvalue weighted by Gasteiger charge is 2.09. The predicted octanol–water partition coefficient (Wildman–Crippen LogP) is 1.79. The first-order valence-corrected chi connectivity index (χ1v) is 6.28. The Kier molecular flexibility index (Phi) is 4.30. The number of carbonyl (C=O) groups excluding carboxylic acids is 1. The van der Waals surface area contributed by atoms with Crippen molar-refractivity contribution in [3.05, 3.63) is 69.4 Å². The molecule has 1 aromatic carbocycles. The third-order valence-electron chi connectivity index (χ3n) is 2.91. The molecule has 0 aliphatic carbocycles. The molecule has 0 bridgehead atoms. The Bertz CT molecular complexity index is 662. The van der Waals surface area contributed by atoms with Crippen molar-refractivity contribution in [3.8, 4) is 0 Å². The fourth-order valence-electron chi connectivity index (χ4n) is 1.82. The van der Waals surface area contributed by atoms with Crippen LogP contribution in [0.3, 0.4) is 0 Å². The normalized spacial score (nSPS) is 10.3. The topological polar surface area (TPSA) is 62.0 Å². The number of amides is 1. The number of carbonyl (C=O) groups is 1. The zero-order chi connectivity index (χ0) is 14.5. The number of nitrogens with one attached hydrogen (secondary N) is 2. The quantitative estimate of drug-likeness (QED) is 0.893. The lowest BCUT2D eigenvalue weighted by molar-refractivity contribution is 0.0952. The maximum absolute atomic E-state index is 12.7. The molecule has 20 heavy (non-hydrogen) atoms. The van der Waals surface area contributed by atoms with E-state index in [1.54, 1.807) is 19.1 Å². The van der Waals surface area contributed by atoms with Crippen LogP contribution in [0.4, 0.5) is 4.39 Å². The van der Waals surface area contributed by atoms with Crippen LogP contribution in [0.15, 0.2) is 41.3 Å². The SMILES string of the molecule is Cc1cc(=O)c(C(=O)NCCc2ccc(F)cc2)c[nH]1. The van der Waals surface area contributed by atoms with Crippen molar-refractivity contribution >= 4 is 5.91 Å². The molecule has 4 nitrogen and oxygen atoms in total. The molecule has 104 valence electrons. The number of aromatic nitrogens is 1. The molecular formula is C15H15FN2O2. The smallest absolute Gasteiger partial charge is 0.256 e. The summed E-state index contributed by atoms with van der Waals surface area (Å²) in [5.41, 5.74) is 1.41. The van der Waals surface area contributed by atoms with Gasteiger partial charge in [-0.25, -0.2) is 4.39 Å². The van der Waals surface area contributed by atoms with Crippen molar-refractivity contribution in [3.63, 3.8) is 0 Å². The Morgan fingerprint density at radius 3 is 2.65 bits per heavy atom. The summed E-state index contributed by atoms with van der Waals surface area (Å²) in [7, 11) is 0. The van der Waals surface area contributed by atoms with E-state index in [4.69, 9.17) is 0 Å². The highest BCUT2D eigenvalue weighted by atomic mass is 19.1. The van der Waals surface area contributed by atoms with Crippen molar-refractivity contribution in [2.24, 2.45) is 0 Å². The van der Waals surface area contributed by atoms with Gasteiger partial charge in [-0.15, -0.1) is 0 Å². The summed E-state index contributed by atoms with van der Waals surface area (Å²) in [4.78, 5) is 26.3. The average Bonchev–Trinajstić information content (AvgIpc) is 2.41. The standard InChI is InChI=1S/C15H15FN2O2/c1-10-8-14(19)13(9-18-10)15(20)17-7-6-11-2-4-12(16)5-3-11/h2-5,8-9H,6-7H2,1H3,(H,17,20)(H,18,19). The Labute approximate surface area is 115 Å². The number of halogens is 1. The molecule has 2 N–H and O–H groups in total. The van der Waals surface area contributed by atoms with Gasteiger partial charge in [0.2, 0.25) is 0 Å². The van der Waals surface area contributed by atoms with Gasteiger partial charge in [-0.3, -0.25) is 9.59 Å². The molecule has 2 rings (SSSR count). The van der Waals surface area contributed by atoms with Crippen LogP contribution in [-0.4, -0.2) is 17.4 Å². The molecule has 0 fully saturated rings. The number of pyridine rings is 1. The molecular weight excluding hydrogens is 259 g/mol. The molecule has 5 heteroatoms. The molecule has 0 radical (unpaired) electrons. The van der Waals surface area contributed by atoms with E-state index in [0.717, 1.165) is 5.56 Å². The van der Waals surface area contributed by atoms with Crippen molar-refractivity contribution in [2.45, 2.75) is 13.3 Å². The van der Waals surface area contributed by atoms with Crippen molar-refractivity contribution in [1.29, 1.82) is 0 Å². The van der Waals surface area contributed by atoms with E-state index in [-0.39, 0.29) is 16.8 Å². The maximum atomic E-state index is 12.7. The Morgan fingerprint density at radius 1 is 1.30 bits per heavy atom. The Hall–Kier alpha value is -2.43. The first kappa shape index (κ1) is 14.0. The molecule has 0 aliphatic rings. The summed E-state index contributed by atoms with van der Waals surface area (Å²) in [6, 6.07) is 7.47. The number of hydrogen-bond donors (Lipinski definition) is 2. The molecule has 0 atom stereocenters. The van der Waals surface area contributed by atoms with Gasteiger partial charge in [0, 0.05) is 24.5 Å². The van der Waals surface area contributed by atoms with Gasteiger partial charge in [0.05, 0.1) is 0 Å². The molecule has 1 aromatic heterocycles. The van der Waals surface area contributed by atoms with E-state index in [2.05, 4.69) is 10.3 Å². The van der Waals surface area contributed by atoms with Gasteiger partial charge in [0.15, 0.2) is 5.43 Å². The van der Waals surface area contributed by atoms with Crippen LogP contribution in [0.1, 0.15) is 21.6 Å². The summed E-state index contributed by atoms with van der Waals surface area (Å²) >= 11 is 0. The predicted molar refractivity (Wildman–Crippen MR) is 74.2 cm³/mol. The van der Waals surface area contributed by atoms with Crippen LogP contribution in [0.5, 0.6) is 0 Å². The number of benzene rings is 1. The average molecular weight is 274 g/mol. The van der Waals surface area contributed by atoms with E-state index >= 15 is 0 Å². The molecule has 1 amide bonds. The zero-order valence-corrected chi connectivity index (χ0v) is 11.1. The maximum Gasteiger partial charge on any atom is 0.256 e. The lowest BCUT2D eigenvalue weighted by Crippen LogP contribution is -2.30. The zero-order valence-electron chi connectivity index (χ0n) is 11.1. The Morgan fingerprint density at radius 2 is 2.00 bits per heavy atom. The molecule has 0 spiro atoms. The van der Waals surface area contributed by atoms with E-state index in [1.165, 1.54) is 24.4 Å². The lowest BCUT2D eigenvalue weighted by Gasteiger charge is -2.05. The first-order chi connectivity index (χ1) is 9.56. The molecule has 0 saturated heterocycles. The summed E-state index contributed by atoms with van der Waals surface area (Å²) in [6.45, 7) is 2.13. The molecule has 0 saturated carbocycles. The van der Waals surface area contributed by atoms with Crippen LogP contribution in [0.2, 0.25) is 0 Å². The van der Waals surface area contributed by atoms with E-state index in [1.807, 2.05) is 0 Å². The first-order valence-electron chi connectivity index (χ1n) is 6.28. The van der Waals surface area contributed by atoms with Gasteiger partial charge >= 0.3 is 0 Å². The minimum atomic E-state index is -0.409. The number of hydrogen-bond acceptors (Lipinski definition) is 2. The third kappa shape index (κ3) is 3.54. The van der Waals surface area contributed by atoms with Gasteiger partial charge in [-0.1, -0.05) is 12.1 Å². The van der Waals surface area contributed by atoms with Gasteiger partial charge in [0.25, 0.3) is 5.91 Å². The van der Waals surface area contributed by atoms with Crippen LogP contribution in [-0.2, 0) is 6.42 Å². The van der Waals surface area contributed by atoms with Crippen molar-refractivity contribution in [2.75, 3.05) is 6.54 Å².